The molecule has 2 aromatic carbocycles. The zero-order chi connectivity index (χ0) is 19.2. The van der Waals surface area contributed by atoms with Gasteiger partial charge in [0.25, 0.3) is 5.91 Å². The van der Waals surface area contributed by atoms with Gasteiger partial charge >= 0.3 is 0 Å². The third-order valence-corrected chi connectivity index (χ3v) is 3.94. The highest BCUT2D eigenvalue weighted by Gasteiger charge is 2.12. The normalized spacial score (nSPS) is 10.5. The zero-order valence-corrected chi connectivity index (χ0v) is 15.9. The smallest absolute Gasteiger partial charge is 0.255 e. The van der Waals surface area contributed by atoms with Crippen molar-refractivity contribution in [1.82, 2.24) is 9.78 Å². The standard InChI is InChI=1S/C20H20ClN3O3/c1-3-26-18-10-5-14(11-19(18)27-4-2)20(25)23-16-6-8-17(9-7-16)24-13-15(21)12-22-24/h5-13H,3-4H2,1-2H3,(H,23,25). The fourth-order valence-electron chi connectivity index (χ4n) is 2.54. The van der Waals surface area contributed by atoms with E-state index in [-0.39, 0.29) is 5.91 Å². The Kier molecular flexibility index (Phi) is 5.98. The Balaban J connectivity index is 1.73. The van der Waals surface area contributed by atoms with Gasteiger partial charge in [0.15, 0.2) is 11.5 Å². The number of amides is 1. The Morgan fingerprint density at radius 2 is 1.78 bits per heavy atom. The Bertz CT molecular complexity index is 922. The molecule has 0 atom stereocenters. The van der Waals surface area contributed by atoms with Crippen LogP contribution < -0.4 is 14.8 Å². The van der Waals surface area contributed by atoms with E-state index in [4.69, 9.17) is 21.1 Å². The van der Waals surface area contributed by atoms with E-state index >= 15 is 0 Å². The van der Waals surface area contributed by atoms with Crippen LogP contribution in [-0.4, -0.2) is 28.9 Å². The van der Waals surface area contributed by atoms with Crippen molar-refractivity contribution in [3.05, 3.63) is 65.4 Å². The van der Waals surface area contributed by atoms with Gasteiger partial charge in [-0.05, 0) is 56.3 Å². The van der Waals surface area contributed by atoms with E-state index in [1.54, 1.807) is 47.4 Å². The highest BCUT2D eigenvalue weighted by atomic mass is 35.5. The number of nitrogens with one attached hydrogen (secondary N) is 1. The number of ether oxygens (including phenoxy) is 2. The van der Waals surface area contributed by atoms with E-state index in [2.05, 4.69) is 10.4 Å². The van der Waals surface area contributed by atoms with Crippen molar-refractivity contribution in [2.45, 2.75) is 13.8 Å². The lowest BCUT2D eigenvalue weighted by Crippen LogP contribution is -2.12. The maximum Gasteiger partial charge on any atom is 0.255 e. The Labute approximate surface area is 162 Å². The van der Waals surface area contributed by atoms with Crippen LogP contribution in [0.4, 0.5) is 5.69 Å². The maximum absolute atomic E-state index is 12.6. The molecule has 3 rings (SSSR count). The van der Waals surface area contributed by atoms with Crippen LogP contribution in [0.5, 0.6) is 11.5 Å². The Hall–Kier alpha value is -2.99. The van der Waals surface area contributed by atoms with Gasteiger partial charge < -0.3 is 14.8 Å². The lowest BCUT2D eigenvalue weighted by atomic mass is 10.1. The average molecular weight is 386 g/mol. The summed E-state index contributed by atoms with van der Waals surface area (Å²) in [5.74, 6) is 0.949. The molecule has 1 N–H and O–H groups in total. The molecule has 0 radical (unpaired) electrons. The molecule has 0 bridgehead atoms. The van der Waals surface area contributed by atoms with Gasteiger partial charge in [-0.15, -0.1) is 0 Å². The van der Waals surface area contributed by atoms with Crippen molar-refractivity contribution in [3.8, 4) is 17.2 Å². The molecule has 0 saturated heterocycles. The Morgan fingerprint density at radius 1 is 1.07 bits per heavy atom. The van der Waals surface area contributed by atoms with Crippen molar-refractivity contribution in [3.63, 3.8) is 0 Å². The van der Waals surface area contributed by atoms with Crippen LogP contribution in [0.1, 0.15) is 24.2 Å². The number of hydrogen-bond acceptors (Lipinski definition) is 4. The molecule has 1 heterocycles. The molecule has 1 amide bonds. The molecule has 7 heteroatoms. The van der Waals surface area contributed by atoms with Crippen molar-refractivity contribution >= 4 is 23.2 Å². The van der Waals surface area contributed by atoms with Gasteiger partial charge in [-0.1, -0.05) is 11.6 Å². The number of rotatable bonds is 7. The van der Waals surface area contributed by atoms with Gasteiger partial charge in [-0.2, -0.15) is 5.10 Å². The quantitative estimate of drug-likeness (QED) is 0.646. The summed E-state index contributed by atoms with van der Waals surface area (Å²) in [5, 5.41) is 7.58. The van der Waals surface area contributed by atoms with Gasteiger partial charge in [-0.25, -0.2) is 4.68 Å². The molecule has 0 aliphatic carbocycles. The molecule has 0 spiro atoms. The molecule has 0 fully saturated rings. The van der Waals surface area contributed by atoms with Gasteiger partial charge in [0.2, 0.25) is 0 Å². The minimum absolute atomic E-state index is 0.228. The second-order valence-electron chi connectivity index (χ2n) is 5.63. The minimum Gasteiger partial charge on any atom is -0.490 e. The minimum atomic E-state index is -0.228. The molecular weight excluding hydrogens is 366 g/mol. The number of hydrogen-bond donors (Lipinski definition) is 1. The number of benzene rings is 2. The SMILES string of the molecule is CCOc1ccc(C(=O)Nc2ccc(-n3cc(Cl)cn3)cc2)cc1OCC. The molecule has 27 heavy (non-hydrogen) atoms. The summed E-state index contributed by atoms with van der Waals surface area (Å²) >= 11 is 5.88. The van der Waals surface area contributed by atoms with Crippen LogP contribution in [0.3, 0.4) is 0 Å². The zero-order valence-electron chi connectivity index (χ0n) is 15.1. The molecular formula is C20H20ClN3O3. The van der Waals surface area contributed by atoms with Gasteiger partial charge in [0.05, 0.1) is 30.1 Å². The molecule has 6 nitrogen and oxygen atoms in total. The average Bonchev–Trinajstić information content (AvgIpc) is 3.10. The van der Waals surface area contributed by atoms with Crippen molar-refractivity contribution < 1.29 is 14.3 Å². The monoisotopic (exact) mass is 385 g/mol. The predicted molar refractivity (Wildman–Crippen MR) is 105 cm³/mol. The summed E-state index contributed by atoms with van der Waals surface area (Å²) in [6.45, 7) is 4.80. The second-order valence-corrected chi connectivity index (χ2v) is 6.07. The molecule has 0 saturated carbocycles. The number of carbonyl (C=O) groups excluding carboxylic acids is 1. The van der Waals surface area contributed by atoms with Crippen molar-refractivity contribution in [2.75, 3.05) is 18.5 Å². The molecule has 140 valence electrons. The first-order valence-corrected chi connectivity index (χ1v) is 9.00. The number of anilines is 1. The summed E-state index contributed by atoms with van der Waals surface area (Å²) in [5.41, 5.74) is 2.01. The number of aromatic nitrogens is 2. The summed E-state index contributed by atoms with van der Waals surface area (Å²) in [6.07, 6.45) is 3.28. The third-order valence-electron chi connectivity index (χ3n) is 3.75. The van der Waals surface area contributed by atoms with E-state index in [0.717, 1.165) is 5.69 Å². The van der Waals surface area contributed by atoms with E-state index in [9.17, 15) is 4.79 Å². The van der Waals surface area contributed by atoms with Crippen LogP contribution in [0.15, 0.2) is 54.9 Å². The van der Waals surface area contributed by atoms with E-state index < -0.39 is 0 Å². The third kappa shape index (κ3) is 4.60. The summed E-state index contributed by atoms with van der Waals surface area (Å²) < 4.78 is 12.8. The predicted octanol–water partition coefficient (Wildman–Crippen LogP) is 4.58. The fourth-order valence-corrected chi connectivity index (χ4v) is 2.67. The number of carbonyl (C=O) groups is 1. The van der Waals surface area contributed by atoms with E-state index in [1.165, 1.54) is 0 Å². The number of nitrogens with zero attached hydrogens (tertiary/aromatic N) is 2. The van der Waals surface area contributed by atoms with Crippen LogP contribution in [-0.2, 0) is 0 Å². The van der Waals surface area contributed by atoms with Crippen LogP contribution in [0, 0.1) is 0 Å². The Morgan fingerprint density at radius 3 is 2.41 bits per heavy atom. The highest BCUT2D eigenvalue weighted by Crippen LogP contribution is 2.29. The molecule has 1 aromatic heterocycles. The summed E-state index contributed by atoms with van der Waals surface area (Å²) in [6, 6.07) is 12.5. The molecule has 0 unspecified atom stereocenters. The maximum atomic E-state index is 12.6. The first kappa shape index (κ1) is 18.8. The van der Waals surface area contributed by atoms with Crippen LogP contribution in [0.25, 0.3) is 5.69 Å². The van der Waals surface area contributed by atoms with Crippen LogP contribution >= 0.6 is 11.6 Å². The summed E-state index contributed by atoms with van der Waals surface area (Å²) in [7, 11) is 0. The van der Waals surface area contributed by atoms with Crippen molar-refractivity contribution in [1.29, 1.82) is 0 Å². The first-order chi connectivity index (χ1) is 13.1. The lowest BCUT2D eigenvalue weighted by molar-refractivity contribution is 0.102. The number of halogens is 1. The van der Waals surface area contributed by atoms with E-state index in [1.807, 2.05) is 26.0 Å². The molecule has 3 aromatic rings. The topological polar surface area (TPSA) is 65.4 Å². The van der Waals surface area contributed by atoms with Gasteiger partial charge in [-0.3, -0.25) is 4.79 Å². The van der Waals surface area contributed by atoms with Crippen LogP contribution in [0.2, 0.25) is 5.02 Å². The highest BCUT2D eigenvalue weighted by molar-refractivity contribution is 6.30. The molecule has 0 aliphatic rings. The van der Waals surface area contributed by atoms with Crippen molar-refractivity contribution in [2.24, 2.45) is 0 Å². The largest absolute Gasteiger partial charge is 0.490 e. The molecule has 0 aliphatic heterocycles. The van der Waals surface area contributed by atoms with Gasteiger partial charge in [0, 0.05) is 17.4 Å². The van der Waals surface area contributed by atoms with Gasteiger partial charge in [0.1, 0.15) is 0 Å². The lowest BCUT2D eigenvalue weighted by Gasteiger charge is -2.12. The van der Waals surface area contributed by atoms with E-state index in [0.29, 0.717) is 41.0 Å². The summed E-state index contributed by atoms with van der Waals surface area (Å²) in [4.78, 5) is 12.6. The fraction of sp³-hybridized carbons (Fsp3) is 0.200. The second kappa shape index (κ2) is 8.60. The first-order valence-electron chi connectivity index (χ1n) is 8.62.